The number of esters is 1. The number of carbonyl (C=O) groups is 3. The summed E-state index contributed by atoms with van der Waals surface area (Å²) < 4.78 is 6.08. The van der Waals surface area contributed by atoms with Gasteiger partial charge in [0.2, 0.25) is 11.8 Å². The Labute approximate surface area is 219 Å². The highest BCUT2D eigenvalue weighted by Gasteiger charge is 2.52. The summed E-state index contributed by atoms with van der Waals surface area (Å²) in [4.78, 5) is 42.5. The molecule has 0 saturated carbocycles. The molecule has 0 aliphatic carbocycles. The standard InChI is InChI=1S/C27H29N3O4S2/c1-3-29(4-2)21(31)15-16-35-20-17-36-26-22(28)25(32)30(26)23(20)27(33)34-24(18-11-7-5-8-12-18)19-13-9-6-10-14-19/h5-16,22,24,26H,3-4,17,28H2,1-2H3/b16-15-/t22-,26+/m1/s1. The number of fused-ring (bicyclic) bond motifs is 1. The summed E-state index contributed by atoms with van der Waals surface area (Å²) in [7, 11) is 0. The van der Waals surface area contributed by atoms with Crippen molar-refractivity contribution in [2.75, 3.05) is 18.8 Å². The first-order valence-electron chi connectivity index (χ1n) is 11.8. The Hall–Kier alpha value is -3.01. The highest BCUT2D eigenvalue weighted by atomic mass is 32.2. The predicted molar refractivity (Wildman–Crippen MR) is 144 cm³/mol. The molecule has 1 saturated heterocycles. The van der Waals surface area contributed by atoms with Gasteiger partial charge < -0.3 is 15.4 Å². The summed E-state index contributed by atoms with van der Waals surface area (Å²) in [6.45, 7) is 5.07. The molecule has 7 nitrogen and oxygen atoms in total. The van der Waals surface area contributed by atoms with E-state index in [4.69, 9.17) is 10.5 Å². The number of hydrogen-bond donors (Lipinski definition) is 1. The van der Waals surface area contributed by atoms with Gasteiger partial charge in [-0.25, -0.2) is 4.79 Å². The normalized spacial score (nSPS) is 19.3. The highest BCUT2D eigenvalue weighted by molar-refractivity contribution is 8.08. The molecule has 0 bridgehead atoms. The minimum atomic E-state index is -0.650. The van der Waals surface area contributed by atoms with Gasteiger partial charge in [-0.3, -0.25) is 14.5 Å². The Morgan fingerprint density at radius 3 is 2.25 bits per heavy atom. The molecule has 2 amide bonds. The lowest BCUT2D eigenvalue weighted by Crippen LogP contribution is -2.68. The maximum absolute atomic E-state index is 13.7. The third-order valence-corrected chi connectivity index (χ3v) is 8.47. The number of nitrogens with zero attached hydrogens (tertiary/aromatic N) is 2. The summed E-state index contributed by atoms with van der Waals surface area (Å²) in [6.07, 6.45) is 0.849. The van der Waals surface area contributed by atoms with Crippen molar-refractivity contribution in [1.82, 2.24) is 9.80 Å². The van der Waals surface area contributed by atoms with Gasteiger partial charge in [-0.2, -0.15) is 0 Å². The van der Waals surface area contributed by atoms with Crippen molar-refractivity contribution < 1.29 is 19.1 Å². The van der Waals surface area contributed by atoms with Crippen LogP contribution in [0.3, 0.4) is 0 Å². The minimum absolute atomic E-state index is 0.103. The van der Waals surface area contributed by atoms with Gasteiger partial charge in [0.25, 0.3) is 0 Å². The first-order valence-corrected chi connectivity index (χ1v) is 13.8. The summed E-state index contributed by atoms with van der Waals surface area (Å²) in [6, 6.07) is 18.3. The first-order chi connectivity index (χ1) is 17.5. The Balaban J connectivity index is 1.64. The molecule has 2 N–H and O–H groups in total. The zero-order valence-corrected chi connectivity index (χ0v) is 21.8. The van der Waals surface area contributed by atoms with Crippen LogP contribution in [0.5, 0.6) is 0 Å². The van der Waals surface area contributed by atoms with Gasteiger partial charge in [0.1, 0.15) is 17.1 Å². The maximum Gasteiger partial charge on any atom is 0.356 e. The quantitative estimate of drug-likeness (QED) is 0.303. The van der Waals surface area contributed by atoms with E-state index in [-0.39, 0.29) is 22.9 Å². The molecule has 2 aromatic carbocycles. The number of nitrogens with two attached hydrogens (primary N) is 1. The van der Waals surface area contributed by atoms with E-state index in [2.05, 4.69) is 0 Å². The second-order valence-corrected chi connectivity index (χ2v) is 10.4. The first kappa shape index (κ1) is 26.1. The second-order valence-electron chi connectivity index (χ2n) is 8.25. The van der Waals surface area contributed by atoms with E-state index in [0.29, 0.717) is 23.7 Å². The molecule has 2 heterocycles. The lowest BCUT2D eigenvalue weighted by atomic mass is 10.0. The van der Waals surface area contributed by atoms with Gasteiger partial charge in [-0.05, 0) is 30.4 Å². The molecule has 36 heavy (non-hydrogen) atoms. The third-order valence-electron chi connectivity index (χ3n) is 6.09. The van der Waals surface area contributed by atoms with Crippen molar-refractivity contribution >= 4 is 41.3 Å². The van der Waals surface area contributed by atoms with Crippen molar-refractivity contribution in [3.05, 3.63) is 93.9 Å². The number of β-lactam (4-membered cyclic amide) rings is 1. The number of hydrogen-bond acceptors (Lipinski definition) is 7. The van der Waals surface area contributed by atoms with E-state index in [1.165, 1.54) is 34.5 Å². The minimum Gasteiger partial charge on any atom is -0.448 e. The number of ether oxygens (including phenoxy) is 1. The van der Waals surface area contributed by atoms with Gasteiger partial charge in [0.05, 0.1) is 0 Å². The molecule has 4 rings (SSSR count). The molecule has 0 unspecified atom stereocenters. The highest BCUT2D eigenvalue weighted by Crippen LogP contribution is 2.44. The fourth-order valence-corrected chi connectivity index (χ4v) is 6.39. The van der Waals surface area contributed by atoms with Crippen LogP contribution in [0.4, 0.5) is 0 Å². The Bertz CT molecular complexity index is 1130. The molecule has 0 radical (unpaired) electrons. The van der Waals surface area contributed by atoms with Crippen LogP contribution >= 0.6 is 23.5 Å². The van der Waals surface area contributed by atoms with Gasteiger partial charge in [0, 0.05) is 29.8 Å². The zero-order valence-electron chi connectivity index (χ0n) is 20.2. The molecule has 2 aliphatic heterocycles. The van der Waals surface area contributed by atoms with Crippen molar-refractivity contribution in [3.8, 4) is 0 Å². The average Bonchev–Trinajstić information content (AvgIpc) is 2.92. The second kappa shape index (κ2) is 11.8. The Morgan fingerprint density at radius 2 is 1.69 bits per heavy atom. The van der Waals surface area contributed by atoms with Crippen LogP contribution in [0, 0.1) is 0 Å². The van der Waals surface area contributed by atoms with Crippen molar-refractivity contribution in [3.63, 3.8) is 0 Å². The van der Waals surface area contributed by atoms with Crippen LogP contribution in [0.2, 0.25) is 0 Å². The molecule has 2 aromatic rings. The average molecular weight is 524 g/mol. The van der Waals surface area contributed by atoms with E-state index >= 15 is 0 Å². The molecule has 1 fully saturated rings. The Morgan fingerprint density at radius 1 is 1.11 bits per heavy atom. The van der Waals surface area contributed by atoms with Gasteiger partial charge in [0.15, 0.2) is 6.10 Å². The van der Waals surface area contributed by atoms with Gasteiger partial charge >= 0.3 is 5.97 Å². The lowest BCUT2D eigenvalue weighted by Gasteiger charge is -2.48. The smallest absolute Gasteiger partial charge is 0.356 e. The molecule has 0 aromatic heterocycles. The monoisotopic (exact) mass is 523 g/mol. The van der Waals surface area contributed by atoms with Crippen LogP contribution in [0.15, 0.2) is 82.7 Å². The molecule has 188 valence electrons. The predicted octanol–water partition coefficient (Wildman–Crippen LogP) is 3.89. The third kappa shape index (κ3) is 5.38. The van der Waals surface area contributed by atoms with E-state index in [0.717, 1.165) is 11.1 Å². The van der Waals surface area contributed by atoms with Gasteiger partial charge in [-0.15, -0.1) is 11.8 Å². The SMILES string of the molecule is CCN(CC)C(=O)/C=C\SC1=C(C(=O)OC(c2ccccc2)c2ccccc2)N2C(=O)[C@@H](N)[C@@H]2SC1. The molecule has 0 spiro atoms. The van der Waals surface area contributed by atoms with E-state index < -0.39 is 18.1 Å². The van der Waals surface area contributed by atoms with Gasteiger partial charge in [-0.1, -0.05) is 72.4 Å². The maximum atomic E-state index is 13.7. The number of thioether (sulfide) groups is 2. The lowest BCUT2D eigenvalue weighted by molar-refractivity contribution is -0.152. The van der Waals surface area contributed by atoms with Crippen LogP contribution in [0.25, 0.3) is 0 Å². The number of likely N-dealkylation sites (N-methyl/N-ethyl adjacent to an activating group) is 1. The summed E-state index contributed by atoms with van der Waals surface area (Å²) >= 11 is 2.76. The number of carbonyl (C=O) groups excluding carboxylic acids is 3. The van der Waals surface area contributed by atoms with Crippen molar-refractivity contribution in [2.45, 2.75) is 31.4 Å². The molecule has 2 aliphatic rings. The number of benzene rings is 2. The fraction of sp³-hybridized carbons (Fsp3) is 0.296. The fourth-order valence-electron chi connectivity index (χ4n) is 4.13. The number of rotatable bonds is 9. The Kier molecular flexibility index (Phi) is 8.56. The van der Waals surface area contributed by atoms with Crippen LogP contribution in [-0.4, -0.2) is 57.8 Å². The zero-order chi connectivity index (χ0) is 25.7. The molecular formula is C27H29N3O4S2. The summed E-state index contributed by atoms with van der Waals surface area (Å²) in [5.41, 5.74) is 7.86. The van der Waals surface area contributed by atoms with Crippen molar-refractivity contribution in [1.29, 1.82) is 0 Å². The van der Waals surface area contributed by atoms with Crippen molar-refractivity contribution in [2.24, 2.45) is 5.73 Å². The van der Waals surface area contributed by atoms with Crippen LogP contribution in [-0.2, 0) is 19.1 Å². The van der Waals surface area contributed by atoms with E-state index in [9.17, 15) is 14.4 Å². The topological polar surface area (TPSA) is 92.9 Å². The largest absolute Gasteiger partial charge is 0.448 e. The molecule has 9 heteroatoms. The van der Waals surface area contributed by atoms with E-state index in [1.807, 2.05) is 74.5 Å². The molecular weight excluding hydrogens is 494 g/mol. The summed E-state index contributed by atoms with van der Waals surface area (Å²) in [5.74, 6) is -0.517. The number of amides is 2. The van der Waals surface area contributed by atoms with E-state index in [1.54, 1.807) is 10.3 Å². The molecule has 2 atom stereocenters. The van der Waals surface area contributed by atoms with Crippen LogP contribution < -0.4 is 5.73 Å². The summed E-state index contributed by atoms with van der Waals surface area (Å²) in [5, 5.41) is 1.36. The van der Waals surface area contributed by atoms with Crippen LogP contribution in [0.1, 0.15) is 31.1 Å².